The lowest BCUT2D eigenvalue weighted by Gasteiger charge is -2.10. The second-order valence-electron chi connectivity index (χ2n) is 2.90. The van der Waals surface area contributed by atoms with Crippen LogP contribution in [0.1, 0.15) is 18.5 Å². The molecule has 0 spiro atoms. The first-order chi connectivity index (χ1) is 6.75. The van der Waals surface area contributed by atoms with E-state index in [9.17, 15) is 0 Å². The molecule has 0 radical (unpaired) electrons. The van der Waals surface area contributed by atoms with Gasteiger partial charge in [-0.15, -0.1) is 11.3 Å². The van der Waals surface area contributed by atoms with Crippen molar-refractivity contribution in [3.05, 3.63) is 32.4 Å². The maximum absolute atomic E-state index is 4.29. The molecule has 0 saturated heterocycles. The monoisotopic (exact) mass is 288 g/mol. The highest BCUT2D eigenvalue weighted by atomic mass is 79.9. The summed E-state index contributed by atoms with van der Waals surface area (Å²) in [5.74, 6) is 0. The molecule has 2 rings (SSSR count). The summed E-state index contributed by atoms with van der Waals surface area (Å²) in [5, 5.41) is 10.5. The first-order valence-electron chi connectivity index (χ1n) is 4.15. The summed E-state index contributed by atoms with van der Waals surface area (Å²) in [5.41, 5.74) is 1.31. The van der Waals surface area contributed by atoms with Gasteiger partial charge in [0, 0.05) is 5.38 Å². The Morgan fingerprint density at radius 3 is 2.93 bits per heavy atom. The molecule has 2 aromatic rings. The van der Waals surface area contributed by atoms with E-state index < -0.39 is 0 Å². The van der Waals surface area contributed by atoms with Crippen molar-refractivity contribution in [3.63, 3.8) is 0 Å². The van der Waals surface area contributed by atoms with Crippen molar-refractivity contribution < 1.29 is 0 Å². The standard InChI is InChI=1S/C9H9BrN2S2/c1-6(7-2-3-13-4-7)11-9-12-8(10)5-14-9/h2-6H,1H3,(H,11,12). The summed E-state index contributed by atoms with van der Waals surface area (Å²) in [7, 11) is 0. The summed E-state index contributed by atoms with van der Waals surface area (Å²) in [6.45, 7) is 2.14. The van der Waals surface area contributed by atoms with Crippen LogP contribution in [0.25, 0.3) is 0 Å². The van der Waals surface area contributed by atoms with Gasteiger partial charge in [0.25, 0.3) is 0 Å². The van der Waals surface area contributed by atoms with Crippen LogP contribution in [-0.2, 0) is 0 Å². The molecule has 0 aliphatic rings. The highest BCUT2D eigenvalue weighted by Gasteiger charge is 2.07. The number of thiophene rings is 1. The van der Waals surface area contributed by atoms with Crippen LogP contribution in [-0.4, -0.2) is 4.98 Å². The molecular formula is C9H9BrN2S2. The van der Waals surface area contributed by atoms with Gasteiger partial charge in [-0.25, -0.2) is 4.98 Å². The van der Waals surface area contributed by atoms with Crippen LogP contribution in [0.3, 0.4) is 0 Å². The fraction of sp³-hybridized carbons (Fsp3) is 0.222. The maximum Gasteiger partial charge on any atom is 0.184 e. The van der Waals surface area contributed by atoms with Crippen LogP contribution in [0.15, 0.2) is 26.8 Å². The summed E-state index contributed by atoms with van der Waals surface area (Å²) in [4.78, 5) is 4.29. The normalized spacial score (nSPS) is 12.7. The van der Waals surface area contributed by atoms with Crippen LogP contribution in [0, 0.1) is 0 Å². The average Bonchev–Trinajstić information content (AvgIpc) is 2.75. The fourth-order valence-electron chi connectivity index (χ4n) is 1.11. The summed E-state index contributed by atoms with van der Waals surface area (Å²) in [6, 6.07) is 2.45. The molecule has 0 aromatic carbocycles. The van der Waals surface area contributed by atoms with Gasteiger partial charge in [0.05, 0.1) is 6.04 Å². The first-order valence-corrected chi connectivity index (χ1v) is 6.77. The van der Waals surface area contributed by atoms with Crippen molar-refractivity contribution in [1.82, 2.24) is 4.98 Å². The molecule has 1 unspecified atom stereocenters. The zero-order chi connectivity index (χ0) is 9.97. The Kier molecular flexibility index (Phi) is 3.20. The van der Waals surface area contributed by atoms with E-state index >= 15 is 0 Å². The van der Waals surface area contributed by atoms with E-state index in [0.29, 0.717) is 6.04 Å². The molecule has 5 heteroatoms. The van der Waals surface area contributed by atoms with Crippen molar-refractivity contribution in [1.29, 1.82) is 0 Å². The van der Waals surface area contributed by atoms with Crippen molar-refractivity contribution >= 4 is 43.7 Å². The molecule has 0 aliphatic carbocycles. The zero-order valence-electron chi connectivity index (χ0n) is 7.53. The second kappa shape index (κ2) is 4.42. The third kappa shape index (κ3) is 2.34. The minimum absolute atomic E-state index is 0.319. The lowest BCUT2D eigenvalue weighted by Crippen LogP contribution is -2.04. The molecule has 2 nitrogen and oxygen atoms in total. The fourth-order valence-corrected chi connectivity index (χ4v) is 3.10. The van der Waals surface area contributed by atoms with Crippen LogP contribution in [0.5, 0.6) is 0 Å². The molecule has 2 heterocycles. The highest BCUT2D eigenvalue weighted by Crippen LogP contribution is 2.25. The van der Waals surface area contributed by atoms with Gasteiger partial charge in [0.1, 0.15) is 4.60 Å². The Balaban J connectivity index is 2.05. The van der Waals surface area contributed by atoms with Gasteiger partial charge >= 0.3 is 0 Å². The summed E-state index contributed by atoms with van der Waals surface area (Å²) >= 11 is 6.66. The predicted octanol–water partition coefficient (Wildman–Crippen LogP) is 4.14. The Morgan fingerprint density at radius 2 is 2.36 bits per heavy atom. The van der Waals surface area contributed by atoms with E-state index in [-0.39, 0.29) is 0 Å². The SMILES string of the molecule is CC(Nc1nc(Br)cs1)c1ccsc1. The zero-order valence-corrected chi connectivity index (χ0v) is 10.7. The minimum atomic E-state index is 0.319. The topological polar surface area (TPSA) is 24.9 Å². The van der Waals surface area contributed by atoms with Crippen molar-refractivity contribution in [2.75, 3.05) is 5.32 Å². The van der Waals surface area contributed by atoms with E-state index in [1.807, 2.05) is 5.38 Å². The second-order valence-corrected chi connectivity index (χ2v) is 5.35. The quantitative estimate of drug-likeness (QED) is 0.918. The largest absolute Gasteiger partial charge is 0.355 e. The molecule has 0 bridgehead atoms. The molecule has 0 saturated carbocycles. The molecule has 0 amide bonds. The number of thiazole rings is 1. The van der Waals surface area contributed by atoms with E-state index in [1.165, 1.54) is 5.56 Å². The summed E-state index contributed by atoms with van der Waals surface area (Å²) < 4.78 is 0.891. The molecule has 0 aliphatic heterocycles. The van der Waals surface area contributed by atoms with Gasteiger partial charge in [0.2, 0.25) is 0 Å². The van der Waals surface area contributed by atoms with Crippen LogP contribution < -0.4 is 5.32 Å². The predicted molar refractivity (Wildman–Crippen MR) is 66.2 cm³/mol. The number of halogens is 1. The Morgan fingerprint density at radius 1 is 1.50 bits per heavy atom. The first kappa shape index (κ1) is 10.1. The lowest BCUT2D eigenvalue weighted by molar-refractivity contribution is 0.886. The Labute approximate surface area is 99.1 Å². The Hall–Kier alpha value is -0.390. The van der Waals surface area contributed by atoms with Gasteiger partial charge in [-0.1, -0.05) is 0 Å². The molecule has 74 valence electrons. The van der Waals surface area contributed by atoms with Crippen molar-refractivity contribution in [2.24, 2.45) is 0 Å². The van der Waals surface area contributed by atoms with Gasteiger partial charge in [0.15, 0.2) is 5.13 Å². The maximum atomic E-state index is 4.29. The van der Waals surface area contributed by atoms with Crippen LogP contribution in [0.4, 0.5) is 5.13 Å². The third-order valence-corrected chi connectivity index (χ3v) is 4.04. The molecule has 0 fully saturated rings. The van der Waals surface area contributed by atoms with Gasteiger partial charge < -0.3 is 5.32 Å². The molecule has 2 aromatic heterocycles. The molecule has 1 N–H and O–H groups in total. The molecular weight excluding hydrogens is 280 g/mol. The number of hydrogen-bond donors (Lipinski definition) is 1. The number of nitrogens with zero attached hydrogens (tertiary/aromatic N) is 1. The van der Waals surface area contributed by atoms with E-state index in [0.717, 1.165) is 9.73 Å². The molecule has 1 atom stereocenters. The molecule has 14 heavy (non-hydrogen) atoms. The smallest absolute Gasteiger partial charge is 0.184 e. The number of nitrogens with one attached hydrogen (secondary N) is 1. The van der Waals surface area contributed by atoms with Crippen LogP contribution in [0.2, 0.25) is 0 Å². The van der Waals surface area contributed by atoms with E-state index in [4.69, 9.17) is 0 Å². The van der Waals surface area contributed by atoms with Gasteiger partial charge in [-0.05, 0) is 45.2 Å². The van der Waals surface area contributed by atoms with Crippen LogP contribution >= 0.6 is 38.6 Å². The van der Waals surface area contributed by atoms with Crippen molar-refractivity contribution in [3.8, 4) is 0 Å². The van der Waals surface area contributed by atoms with E-state index in [1.54, 1.807) is 22.7 Å². The Bertz CT molecular complexity index is 397. The lowest BCUT2D eigenvalue weighted by atomic mass is 10.2. The van der Waals surface area contributed by atoms with Gasteiger partial charge in [-0.2, -0.15) is 11.3 Å². The number of aromatic nitrogens is 1. The average molecular weight is 289 g/mol. The number of anilines is 1. The minimum Gasteiger partial charge on any atom is -0.355 e. The van der Waals surface area contributed by atoms with Gasteiger partial charge in [-0.3, -0.25) is 0 Å². The summed E-state index contributed by atoms with van der Waals surface area (Å²) in [6.07, 6.45) is 0. The highest BCUT2D eigenvalue weighted by molar-refractivity contribution is 9.10. The number of rotatable bonds is 3. The number of hydrogen-bond acceptors (Lipinski definition) is 4. The third-order valence-electron chi connectivity index (χ3n) is 1.86. The van der Waals surface area contributed by atoms with E-state index in [2.05, 4.69) is 50.0 Å². The van der Waals surface area contributed by atoms with Crippen molar-refractivity contribution in [2.45, 2.75) is 13.0 Å².